The summed E-state index contributed by atoms with van der Waals surface area (Å²) in [4.78, 5) is 0. The first kappa shape index (κ1) is 45.8. The zero-order valence-electron chi connectivity index (χ0n) is 32.2. The minimum absolute atomic E-state index is 0.613. The van der Waals surface area contributed by atoms with Crippen molar-refractivity contribution in [1.82, 2.24) is 0 Å². The minimum Gasteiger partial charge on any atom is -0.328 e. The Balaban J connectivity index is 4.22. The third-order valence-corrected chi connectivity index (χ3v) is 9.09. The fraction of sp³-hybridized carbons (Fsp3) is 1.00. The first-order valence-corrected chi connectivity index (χ1v) is 20.3. The number of hydrogen-bond donors (Lipinski definition) is 0. The molecule has 0 bridgehead atoms. The third kappa shape index (κ3) is 24.8. The van der Waals surface area contributed by atoms with Gasteiger partial charge in [-0.05, 0) is 60.3 Å². The van der Waals surface area contributed by atoms with Gasteiger partial charge in [0.05, 0.1) is 0 Å². The first-order chi connectivity index (χ1) is 22.5. The van der Waals surface area contributed by atoms with Gasteiger partial charge in [0.1, 0.15) is 0 Å². The molecule has 0 heterocycles. The van der Waals surface area contributed by atoms with Crippen molar-refractivity contribution >= 4 is 0 Å². The van der Waals surface area contributed by atoms with E-state index < -0.39 is 11.9 Å². The SMILES string of the molecule is CCCCCCCC(CCCCCCCCCC(OCC)(OCC)OCC)CCCCCCCCCC(OCC)(OCC)OCC. The van der Waals surface area contributed by atoms with E-state index in [1.807, 2.05) is 41.5 Å². The van der Waals surface area contributed by atoms with Crippen LogP contribution < -0.4 is 0 Å². The lowest BCUT2D eigenvalue weighted by atomic mass is 9.89. The van der Waals surface area contributed by atoms with Crippen LogP contribution in [0.1, 0.15) is 203 Å². The Hall–Kier alpha value is -0.240. The summed E-state index contributed by atoms with van der Waals surface area (Å²) >= 11 is 0. The summed E-state index contributed by atoms with van der Waals surface area (Å²) in [6.07, 6.45) is 31.3. The van der Waals surface area contributed by atoms with Crippen LogP contribution in [-0.2, 0) is 28.4 Å². The van der Waals surface area contributed by atoms with Crippen LogP contribution in [0.3, 0.4) is 0 Å². The van der Waals surface area contributed by atoms with E-state index >= 15 is 0 Å². The van der Waals surface area contributed by atoms with Gasteiger partial charge in [-0.1, -0.05) is 135 Å². The normalized spacial score (nSPS) is 12.5. The van der Waals surface area contributed by atoms with Crippen molar-refractivity contribution in [3.63, 3.8) is 0 Å². The van der Waals surface area contributed by atoms with Gasteiger partial charge in [0.2, 0.25) is 0 Å². The predicted octanol–water partition coefficient (Wildman–Crippen LogP) is 12.5. The molecule has 0 N–H and O–H groups in total. The maximum atomic E-state index is 5.88. The summed E-state index contributed by atoms with van der Waals surface area (Å²) in [5, 5.41) is 0. The Morgan fingerprint density at radius 1 is 0.304 bits per heavy atom. The molecule has 0 saturated carbocycles. The smallest absolute Gasteiger partial charge is 0.282 e. The monoisotopic (exact) mass is 659 g/mol. The van der Waals surface area contributed by atoms with Crippen LogP contribution >= 0.6 is 0 Å². The number of unbranched alkanes of at least 4 members (excludes halogenated alkanes) is 16. The maximum Gasteiger partial charge on any atom is 0.282 e. The van der Waals surface area contributed by atoms with Gasteiger partial charge in [0.25, 0.3) is 11.9 Å². The van der Waals surface area contributed by atoms with Crippen LogP contribution in [0, 0.1) is 5.92 Å². The van der Waals surface area contributed by atoms with Gasteiger partial charge in [0, 0.05) is 52.5 Å². The first-order valence-electron chi connectivity index (χ1n) is 20.3. The molecule has 46 heavy (non-hydrogen) atoms. The van der Waals surface area contributed by atoms with Crippen LogP contribution in [0.5, 0.6) is 0 Å². The third-order valence-electron chi connectivity index (χ3n) is 9.09. The Bertz CT molecular complexity index is 522. The molecule has 0 aromatic rings. The van der Waals surface area contributed by atoms with Gasteiger partial charge in [0.15, 0.2) is 0 Å². The van der Waals surface area contributed by atoms with Gasteiger partial charge in [-0.25, -0.2) is 0 Å². The predicted molar refractivity (Wildman–Crippen MR) is 195 cm³/mol. The van der Waals surface area contributed by atoms with Crippen molar-refractivity contribution in [2.75, 3.05) is 39.6 Å². The minimum atomic E-state index is -0.838. The molecular weight excluding hydrogens is 576 g/mol. The molecule has 6 nitrogen and oxygen atoms in total. The molecule has 0 aliphatic rings. The lowest BCUT2D eigenvalue weighted by molar-refractivity contribution is -0.380. The molecule has 0 aliphatic carbocycles. The van der Waals surface area contributed by atoms with Crippen LogP contribution in [0.2, 0.25) is 0 Å². The van der Waals surface area contributed by atoms with Gasteiger partial charge in [-0.2, -0.15) is 0 Å². The Morgan fingerprint density at radius 3 is 0.804 bits per heavy atom. The molecule has 0 unspecified atom stereocenters. The maximum absolute atomic E-state index is 5.88. The van der Waals surface area contributed by atoms with Crippen LogP contribution in [0.15, 0.2) is 0 Å². The zero-order valence-corrected chi connectivity index (χ0v) is 32.2. The van der Waals surface area contributed by atoms with E-state index in [9.17, 15) is 0 Å². The fourth-order valence-electron chi connectivity index (χ4n) is 6.79. The average molecular weight is 659 g/mol. The zero-order chi connectivity index (χ0) is 34.0. The molecule has 0 atom stereocenters. The second-order valence-electron chi connectivity index (χ2n) is 13.1. The van der Waals surface area contributed by atoms with E-state index in [-0.39, 0.29) is 0 Å². The molecule has 0 fully saturated rings. The average Bonchev–Trinajstić information content (AvgIpc) is 3.03. The number of rotatable bonds is 38. The summed E-state index contributed by atoms with van der Waals surface area (Å²) in [6.45, 7) is 18.0. The molecule has 0 rings (SSSR count). The summed E-state index contributed by atoms with van der Waals surface area (Å²) in [7, 11) is 0. The van der Waals surface area contributed by atoms with Crippen LogP contribution in [-0.4, -0.2) is 51.6 Å². The Kier molecular flexibility index (Phi) is 33.1. The lowest BCUT2D eigenvalue weighted by Crippen LogP contribution is -2.39. The summed E-state index contributed by atoms with van der Waals surface area (Å²) in [5.74, 6) is -0.737. The van der Waals surface area contributed by atoms with E-state index in [2.05, 4.69) is 6.92 Å². The van der Waals surface area contributed by atoms with Gasteiger partial charge in [-0.3, -0.25) is 0 Å². The largest absolute Gasteiger partial charge is 0.328 e. The van der Waals surface area contributed by atoms with Crippen LogP contribution in [0.4, 0.5) is 0 Å². The lowest BCUT2D eigenvalue weighted by Gasteiger charge is -2.32. The van der Waals surface area contributed by atoms with Crippen molar-refractivity contribution in [2.45, 2.75) is 215 Å². The standard InChI is InChI=1S/C40H82O6/c1-8-15-16-23-28-33-38(34-29-24-19-17-21-26-31-36-39(41-9-2,42-10-3)43-11-4)35-30-25-20-18-22-27-32-37-40(44-12-5,45-13-6)46-14-7/h38H,8-37H2,1-7H3. The highest BCUT2D eigenvalue weighted by atomic mass is 16.9. The van der Waals surface area contributed by atoms with E-state index in [1.54, 1.807) is 0 Å². The molecule has 0 amide bonds. The second kappa shape index (κ2) is 33.3. The summed E-state index contributed by atoms with van der Waals surface area (Å²) in [5.41, 5.74) is 0. The Morgan fingerprint density at radius 2 is 0.543 bits per heavy atom. The van der Waals surface area contributed by atoms with Crippen molar-refractivity contribution in [3.8, 4) is 0 Å². The molecule has 0 spiro atoms. The molecule has 0 aromatic heterocycles. The van der Waals surface area contributed by atoms with Crippen molar-refractivity contribution in [1.29, 1.82) is 0 Å². The molecule has 0 saturated heterocycles. The van der Waals surface area contributed by atoms with E-state index in [4.69, 9.17) is 28.4 Å². The molecule has 0 radical (unpaired) electrons. The molecular formula is C40H82O6. The summed E-state index contributed by atoms with van der Waals surface area (Å²) in [6, 6.07) is 0. The van der Waals surface area contributed by atoms with E-state index in [0.29, 0.717) is 39.6 Å². The Labute approximate surface area is 288 Å². The molecule has 278 valence electrons. The van der Waals surface area contributed by atoms with Crippen molar-refractivity contribution in [3.05, 3.63) is 0 Å². The van der Waals surface area contributed by atoms with Crippen molar-refractivity contribution in [2.24, 2.45) is 5.92 Å². The highest BCUT2D eigenvalue weighted by Gasteiger charge is 2.32. The molecule has 6 heteroatoms. The quantitative estimate of drug-likeness (QED) is 0.0486. The molecule has 0 aliphatic heterocycles. The van der Waals surface area contributed by atoms with Crippen molar-refractivity contribution < 1.29 is 28.4 Å². The fourth-order valence-corrected chi connectivity index (χ4v) is 6.79. The number of ether oxygens (including phenoxy) is 6. The van der Waals surface area contributed by atoms with E-state index in [0.717, 1.165) is 31.6 Å². The topological polar surface area (TPSA) is 55.4 Å². The highest BCUT2D eigenvalue weighted by Crippen LogP contribution is 2.27. The second-order valence-corrected chi connectivity index (χ2v) is 13.1. The van der Waals surface area contributed by atoms with Gasteiger partial charge >= 0.3 is 0 Å². The molecule has 0 aromatic carbocycles. The van der Waals surface area contributed by atoms with Crippen LogP contribution in [0.25, 0.3) is 0 Å². The van der Waals surface area contributed by atoms with Gasteiger partial charge in [-0.15, -0.1) is 0 Å². The van der Waals surface area contributed by atoms with E-state index in [1.165, 1.54) is 128 Å². The summed E-state index contributed by atoms with van der Waals surface area (Å²) < 4.78 is 35.3. The highest BCUT2D eigenvalue weighted by molar-refractivity contribution is 4.64. The van der Waals surface area contributed by atoms with Gasteiger partial charge < -0.3 is 28.4 Å². The number of hydrogen-bond acceptors (Lipinski definition) is 6.